The standard InChI is InChI=1S/C14H26N4O2/c1-11-4-3-5-12(8-11)9-16-14-18-17-13(20-14)10-15-6-7-19-2/h11-12,15H,3-10H2,1-2H3,(H,16,18). The van der Waals surface area contributed by atoms with Gasteiger partial charge >= 0.3 is 6.01 Å². The van der Waals surface area contributed by atoms with Crippen LogP contribution in [0.2, 0.25) is 0 Å². The SMILES string of the molecule is COCCNCc1nnc(NCC2CCCC(C)C2)o1. The van der Waals surface area contributed by atoms with Gasteiger partial charge in [0, 0.05) is 20.2 Å². The van der Waals surface area contributed by atoms with E-state index < -0.39 is 0 Å². The molecule has 0 radical (unpaired) electrons. The highest BCUT2D eigenvalue weighted by atomic mass is 16.5. The normalized spacial score (nSPS) is 22.9. The molecule has 1 saturated carbocycles. The topological polar surface area (TPSA) is 72.2 Å². The number of hydrogen-bond acceptors (Lipinski definition) is 6. The molecular weight excluding hydrogens is 256 g/mol. The van der Waals surface area contributed by atoms with Gasteiger partial charge in [0.05, 0.1) is 13.2 Å². The van der Waals surface area contributed by atoms with Gasteiger partial charge < -0.3 is 19.8 Å². The second kappa shape index (κ2) is 8.21. The van der Waals surface area contributed by atoms with Crippen molar-refractivity contribution in [3.05, 3.63) is 5.89 Å². The summed E-state index contributed by atoms with van der Waals surface area (Å²) in [4.78, 5) is 0. The maximum absolute atomic E-state index is 5.55. The lowest BCUT2D eigenvalue weighted by Gasteiger charge is -2.26. The van der Waals surface area contributed by atoms with E-state index in [2.05, 4.69) is 27.8 Å². The molecule has 6 heteroatoms. The monoisotopic (exact) mass is 282 g/mol. The molecule has 0 saturated heterocycles. The van der Waals surface area contributed by atoms with Gasteiger partial charge in [-0.3, -0.25) is 0 Å². The van der Waals surface area contributed by atoms with E-state index in [1.807, 2.05) is 0 Å². The lowest BCUT2D eigenvalue weighted by atomic mass is 9.82. The van der Waals surface area contributed by atoms with Gasteiger partial charge in [-0.25, -0.2) is 0 Å². The zero-order chi connectivity index (χ0) is 14.2. The number of methoxy groups -OCH3 is 1. The van der Waals surface area contributed by atoms with E-state index in [0.29, 0.717) is 25.1 Å². The van der Waals surface area contributed by atoms with Crippen LogP contribution in [0.5, 0.6) is 0 Å². The van der Waals surface area contributed by atoms with Crippen molar-refractivity contribution in [3.63, 3.8) is 0 Å². The molecule has 1 aromatic rings. The maximum Gasteiger partial charge on any atom is 0.315 e. The van der Waals surface area contributed by atoms with Crippen molar-refractivity contribution in [2.24, 2.45) is 11.8 Å². The first-order valence-electron chi connectivity index (χ1n) is 7.54. The van der Waals surface area contributed by atoms with Gasteiger partial charge in [0.25, 0.3) is 0 Å². The molecule has 1 fully saturated rings. The fourth-order valence-electron chi connectivity index (χ4n) is 2.74. The Balaban J connectivity index is 1.67. The largest absolute Gasteiger partial charge is 0.407 e. The molecule has 6 nitrogen and oxygen atoms in total. The summed E-state index contributed by atoms with van der Waals surface area (Å²) in [6.07, 6.45) is 5.31. The number of nitrogens with zero attached hydrogens (tertiary/aromatic N) is 2. The van der Waals surface area contributed by atoms with Crippen LogP contribution in [0.15, 0.2) is 4.42 Å². The lowest BCUT2D eigenvalue weighted by molar-refractivity contribution is 0.198. The van der Waals surface area contributed by atoms with Crippen LogP contribution in [0.4, 0.5) is 6.01 Å². The first-order chi connectivity index (χ1) is 9.78. The smallest absolute Gasteiger partial charge is 0.315 e. The molecule has 0 aliphatic heterocycles. The molecule has 1 aromatic heterocycles. The van der Waals surface area contributed by atoms with E-state index >= 15 is 0 Å². The summed E-state index contributed by atoms with van der Waals surface area (Å²) in [6, 6.07) is 0.534. The van der Waals surface area contributed by atoms with Crippen molar-refractivity contribution in [3.8, 4) is 0 Å². The van der Waals surface area contributed by atoms with E-state index in [1.54, 1.807) is 7.11 Å². The zero-order valence-electron chi connectivity index (χ0n) is 12.5. The second-order valence-corrected chi connectivity index (χ2v) is 5.69. The highest BCUT2D eigenvalue weighted by Crippen LogP contribution is 2.28. The number of aromatic nitrogens is 2. The Labute approximate surface area is 120 Å². The fourth-order valence-corrected chi connectivity index (χ4v) is 2.74. The molecule has 114 valence electrons. The molecule has 2 atom stereocenters. The van der Waals surface area contributed by atoms with Gasteiger partial charge in [-0.1, -0.05) is 24.9 Å². The third-order valence-corrected chi connectivity index (χ3v) is 3.81. The minimum atomic E-state index is 0.534. The molecule has 2 N–H and O–H groups in total. The Morgan fingerprint density at radius 2 is 2.25 bits per heavy atom. The maximum atomic E-state index is 5.55. The van der Waals surface area contributed by atoms with Crippen LogP contribution >= 0.6 is 0 Å². The number of nitrogens with one attached hydrogen (secondary N) is 2. The minimum Gasteiger partial charge on any atom is -0.407 e. The van der Waals surface area contributed by atoms with E-state index in [-0.39, 0.29) is 0 Å². The van der Waals surface area contributed by atoms with Crippen molar-refractivity contribution in [2.75, 3.05) is 32.1 Å². The molecule has 2 rings (SSSR count). The van der Waals surface area contributed by atoms with E-state index in [4.69, 9.17) is 9.15 Å². The van der Waals surface area contributed by atoms with Crippen LogP contribution in [-0.4, -0.2) is 37.0 Å². The lowest BCUT2D eigenvalue weighted by Crippen LogP contribution is -2.21. The summed E-state index contributed by atoms with van der Waals surface area (Å²) >= 11 is 0. The fraction of sp³-hybridized carbons (Fsp3) is 0.857. The first-order valence-corrected chi connectivity index (χ1v) is 7.54. The van der Waals surface area contributed by atoms with Crippen LogP contribution in [-0.2, 0) is 11.3 Å². The van der Waals surface area contributed by atoms with Gasteiger partial charge in [0.2, 0.25) is 5.89 Å². The second-order valence-electron chi connectivity index (χ2n) is 5.69. The number of anilines is 1. The van der Waals surface area contributed by atoms with E-state index in [1.165, 1.54) is 25.7 Å². The van der Waals surface area contributed by atoms with Gasteiger partial charge in [-0.15, -0.1) is 5.10 Å². The van der Waals surface area contributed by atoms with Crippen LogP contribution < -0.4 is 10.6 Å². The summed E-state index contributed by atoms with van der Waals surface area (Å²) in [7, 11) is 1.68. The van der Waals surface area contributed by atoms with Crippen molar-refractivity contribution in [1.29, 1.82) is 0 Å². The summed E-state index contributed by atoms with van der Waals surface area (Å²) in [5.74, 6) is 2.19. The molecule has 1 aliphatic rings. The first kappa shape index (κ1) is 15.3. The Kier molecular flexibility index (Phi) is 6.26. The Bertz CT molecular complexity index is 383. The Hall–Kier alpha value is -1.14. The van der Waals surface area contributed by atoms with Crippen molar-refractivity contribution in [2.45, 2.75) is 39.2 Å². The third kappa shape index (κ3) is 5.09. The van der Waals surface area contributed by atoms with Gasteiger partial charge in [-0.05, 0) is 24.7 Å². The molecule has 0 aromatic carbocycles. The highest BCUT2D eigenvalue weighted by molar-refractivity contribution is 5.16. The molecule has 2 unspecified atom stereocenters. The molecule has 20 heavy (non-hydrogen) atoms. The van der Waals surface area contributed by atoms with E-state index in [9.17, 15) is 0 Å². The molecular formula is C14H26N4O2. The van der Waals surface area contributed by atoms with E-state index in [0.717, 1.165) is 24.9 Å². The highest BCUT2D eigenvalue weighted by Gasteiger charge is 2.19. The molecule has 1 heterocycles. The van der Waals surface area contributed by atoms with Crippen LogP contribution in [0.25, 0.3) is 0 Å². The number of rotatable bonds is 8. The van der Waals surface area contributed by atoms with Crippen LogP contribution in [0.1, 0.15) is 38.5 Å². The van der Waals surface area contributed by atoms with Crippen LogP contribution in [0, 0.1) is 11.8 Å². The predicted octanol–water partition coefficient (Wildman–Crippen LogP) is 2.04. The molecule has 0 amide bonds. The van der Waals surface area contributed by atoms with Crippen molar-refractivity contribution < 1.29 is 9.15 Å². The molecule has 0 bridgehead atoms. The molecule has 1 aliphatic carbocycles. The quantitative estimate of drug-likeness (QED) is 0.711. The van der Waals surface area contributed by atoms with Crippen molar-refractivity contribution >= 4 is 6.01 Å². The zero-order valence-corrected chi connectivity index (χ0v) is 12.5. The summed E-state index contributed by atoms with van der Waals surface area (Å²) < 4.78 is 10.5. The summed E-state index contributed by atoms with van der Waals surface area (Å²) in [5, 5.41) is 14.5. The summed E-state index contributed by atoms with van der Waals surface area (Å²) in [5.41, 5.74) is 0. The Morgan fingerprint density at radius 1 is 1.35 bits per heavy atom. The van der Waals surface area contributed by atoms with Crippen molar-refractivity contribution in [1.82, 2.24) is 15.5 Å². The average Bonchev–Trinajstić information content (AvgIpc) is 2.89. The Morgan fingerprint density at radius 3 is 3.05 bits per heavy atom. The van der Waals surface area contributed by atoms with Gasteiger partial charge in [0.15, 0.2) is 0 Å². The van der Waals surface area contributed by atoms with Crippen LogP contribution in [0.3, 0.4) is 0 Å². The predicted molar refractivity (Wildman–Crippen MR) is 77.5 cm³/mol. The average molecular weight is 282 g/mol. The van der Waals surface area contributed by atoms with Gasteiger partial charge in [-0.2, -0.15) is 0 Å². The van der Waals surface area contributed by atoms with Gasteiger partial charge in [0.1, 0.15) is 0 Å². The minimum absolute atomic E-state index is 0.534. The number of hydrogen-bond donors (Lipinski definition) is 2. The third-order valence-electron chi connectivity index (χ3n) is 3.81. The summed E-state index contributed by atoms with van der Waals surface area (Å²) in [6.45, 7) is 5.31. The number of ether oxygens (including phenoxy) is 1. The molecule has 0 spiro atoms.